The molecule has 3 aromatic rings. The van der Waals surface area contributed by atoms with E-state index >= 15 is 0 Å². The molecule has 0 bridgehead atoms. The highest BCUT2D eigenvalue weighted by Crippen LogP contribution is 2.32. The third kappa shape index (κ3) is 4.06. The lowest BCUT2D eigenvalue weighted by atomic mass is 9.94. The Morgan fingerprint density at radius 1 is 0.862 bits per heavy atom. The van der Waals surface area contributed by atoms with Gasteiger partial charge in [0.15, 0.2) is 0 Å². The Morgan fingerprint density at radius 2 is 1.62 bits per heavy atom. The predicted molar refractivity (Wildman–Crippen MR) is 117 cm³/mol. The van der Waals surface area contributed by atoms with Gasteiger partial charge < -0.3 is 10.2 Å². The summed E-state index contributed by atoms with van der Waals surface area (Å²) in [6, 6.07) is 15.0. The summed E-state index contributed by atoms with van der Waals surface area (Å²) in [4.78, 5) is 12.1. The largest absolute Gasteiger partial charge is 0.352 e. The van der Waals surface area contributed by atoms with Crippen LogP contribution in [-0.2, 0) is 25.8 Å². The second-order valence-corrected chi connectivity index (χ2v) is 7.58. The number of aryl methyl sites for hydroxylation is 1. The minimum atomic E-state index is -0.246. The molecule has 2 heterocycles. The van der Waals surface area contributed by atoms with Crippen molar-refractivity contribution in [2.75, 3.05) is 16.8 Å². The standard InChI is InChI=1S/C23H23FN4.ClH/c24-18-9-11-19(12-10-18)25-23-26-21-8-4-3-7-20(21)22(27-23)28-14-13-16-5-1-2-6-17(16)15-28;/h1-2,5-6,9-12H,3-4,7-8,13-15H2,(H,25,26,27);1H. The maximum atomic E-state index is 13.2. The molecule has 5 rings (SSSR count). The molecule has 1 aliphatic carbocycles. The molecule has 0 saturated heterocycles. The third-order valence-electron chi connectivity index (χ3n) is 5.69. The zero-order valence-corrected chi connectivity index (χ0v) is 17.0. The van der Waals surface area contributed by atoms with Gasteiger partial charge in [-0.1, -0.05) is 24.3 Å². The summed E-state index contributed by atoms with van der Waals surface area (Å²) < 4.78 is 13.2. The lowest BCUT2D eigenvalue weighted by molar-refractivity contribution is 0.628. The van der Waals surface area contributed by atoms with Gasteiger partial charge in [0.2, 0.25) is 5.95 Å². The second kappa shape index (κ2) is 8.37. The highest BCUT2D eigenvalue weighted by Gasteiger charge is 2.24. The van der Waals surface area contributed by atoms with E-state index in [1.165, 1.54) is 41.7 Å². The van der Waals surface area contributed by atoms with Gasteiger partial charge in [0.25, 0.3) is 0 Å². The molecule has 2 aromatic carbocycles. The van der Waals surface area contributed by atoms with E-state index in [2.05, 4.69) is 34.5 Å². The summed E-state index contributed by atoms with van der Waals surface area (Å²) in [5, 5.41) is 3.26. The molecule has 0 fully saturated rings. The molecule has 29 heavy (non-hydrogen) atoms. The van der Waals surface area contributed by atoms with E-state index < -0.39 is 0 Å². The van der Waals surface area contributed by atoms with Crippen molar-refractivity contribution in [2.24, 2.45) is 0 Å². The number of fused-ring (bicyclic) bond motifs is 2. The van der Waals surface area contributed by atoms with Crippen molar-refractivity contribution in [1.82, 2.24) is 9.97 Å². The van der Waals surface area contributed by atoms with Crippen LogP contribution in [0.5, 0.6) is 0 Å². The highest BCUT2D eigenvalue weighted by atomic mass is 35.5. The van der Waals surface area contributed by atoms with Crippen molar-refractivity contribution >= 4 is 29.9 Å². The van der Waals surface area contributed by atoms with Gasteiger partial charge in [0.1, 0.15) is 11.6 Å². The molecular weight excluding hydrogens is 387 g/mol. The Morgan fingerprint density at radius 3 is 2.45 bits per heavy atom. The van der Waals surface area contributed by atoms with Gasteiger partial charge in [-0.2, -0.15) is 4.98 Å². The highest BCUT2D eigenvalue weighted by molar-refractivity contribution is 5.85. The Hall–Kier alpha value is -2.66. The fourth-order valence-corrected chi connectivity index (χ4v) is 4.23. The number of anilines is 3. The monoisotopic (exact) mass is 410 g/mol. The molecule has 1 aromatic heterocycles. The maximum absolute atomic E-state index is 13.2. The van der Waals surface area contributed by atoms with E-state index in [0.717, 1.165) is 49.6 Å². The van der Waals surface area contributed by atoms with Gasteiger partial charge in [-0.05, 0) is 67.5 Å². The predicted octanol–water partition coefficient (Wildman–Crippen LogP) is 5.22. The molecular formula is C23H24ClFN4. The number of benzene rings is 2. The van der Waals surface area contributed by atoms with Crippen molar-refractivity contribution in [2.45, 2.75) is 38.6 Å². The Bertz CT molecular complexity index is 1010. The van der Waals surface area contributed by atoms with Crippen molar-refractivity contribution in [1.29, 1.82) is 0 Å². The lowest BCUT2D eigenvalue weighted by Crippen LogP contribution is -2.32. The van der Waals surface area contributed by atoms with Gasteiger partial charge in [0.05, 0.1) is 5.69 Å². The van der Waals surface area contributed by atoms with E-state index in [1.807, 2.05) is 0 Å². The normalized spacial score (nSPS) is 15.1. The number of nitrogens with one attached hydrogen (secondary N) is 1. The number of rotatable bonds is 3. The van der Waals surface area contributed by atoms with Gasteiger partial charge in [0, 0.05) is 24.3 Å². The van der Waals surface area contributed by atoms with E-state index in [9.17, 15) is 4.39 Å². The van der Waals surface area contributed by atoms with Crippen LogP contribution in [0.25, 0.3) is 0 Å². The van der Waals surface area contributed by atoms with Crippen LogP contribution in [0.3, 0.4) is 0 Å². The molecule has 0 radical (unpaired) electrons. The van der Waals surface area contributed by atoms with Crippen LogP contribution in [0.2, 0.25) is 0 Å². The Kier molecular flexibility index (Phi) is 5.67. The van der Waals surface area contributed by atoms with Crippen LogP contribution in [-0.4, -0.2) is 16.5 Å². The molecule has 4 nitrogen and oxygen atoms in total. The molecule has 1 N–H and O–H groups in total. The molecule has 1 aliphatic heterocycles. The van der Waals surface area contributed by atoms with Gasteiger partial charge in [-0.3, -0.25) is 0 Å². The van der Waals surface area contributed by atoms with E-state index in [4.69, 9.17) is 9.97 Å². The van der Waals surface area contributed by atoms with E-state index in [-0.39, 0.29) is 18.2 Å². The summed E-state index contributed by atoms with van der Waals surface area (Å²) >= 11 is 0. The average molecular weight is 411 g/mol. The molecule has 150 valence electrons. The van der Waals surface area contributed by atoms with Crippen LogP contribution in [0.1, 0.15) is 35.2 Å². The first kappa shape index (κ1) is 19.6. The SMILES string of the molecule is Cl.Fc1ccc(Nc2nc3c(c(N4CCc5ccccc5C4)n2)CCCC3)cc1. The van der Waals surface area contributed by atoms with Gasteiger partial charge >= 0.3 is 0 Å². The minimum Gasteiger partial charge on any atom is -0.352 e. The summed E-state index contributed by atoms with van der Waals surface area (Å²) in [6.07, 6.45) is 5.43. The molecule has 0 atom stereocenters. The first-order valence-corrected chi connectivity index (χ1v) is 10.0. The topological polar surface area (TPSA) is 41.1 Å². The Balaban J connectivity index is 0.00000205. The number of hydrogen-bond acceptors (Lipinski definition) is 4. The lowest BCUT2D eigenvalue weighted by Gasteiger charge is -2.32. The number of aromatic nitrogens is 2. The van der Waals surface area contributed by atoms with Crippen LogP contribution >= 0.6 is 12.4 Å². The number of hydrogen-bond donors (Lipinski definition) is 1. The van der Waals surface area contributed by atoms with Crippen LogP contribution in [0, 0.1) is 5.82 Å². The van der Waals surface area contributed by atoms with Crippen molar-refractivity contribution in [3.63, 3.8) is 0 Å². The van der Waals surface area contributed by atoms with Gasteiger partial charge in [-0.25, -0.2) is 9.37 Å². The number of nitrogens with zero attached hydrogens (tertiary/aromatic N) is 3. The van der Waals surface area contributed by atoms with Gasteiger partial charge in [-0.15, -0.1) is 12.4 Å². The fraction of sp³-hybridized carbons (Fsp3) is 0.304. The Labute approximate surface area is 176 Å². The summed E-state index contributed by atoms with van der Waals surface area (Å²) in [5.74, 6) is 1.41. The molecule has 6 heteroatoms. The quantitative estimate of drug-likeness (QED) is 0.642. The minimum absolute atomic E-state index is 0. The maximum Gasteiger partial charge on any atom is 0.229 e. The van der Waals surface area contributed by atoms with Crippen molar-refractivity contribution in [3.8, 4) is 0 Å². The van der Waals surface area contributed by atoms with Crippen molar-refractivity contribution in [3.05, 3.63) is 76.7 Å². The molecule has 0 spiro atoms. The van der Waals surface area contributed by atoms with E-state index in [1.54, 1.807) is 12.1 Å². The molecule has 0 amide bonds. The zero-order valence-electron chi connectivity index (χ0n) is 16.2. The van der Waals surface area contributed by atoms with Crippen LogP contribution in [0.4, 0.5) is 21.8 Å². The van der Waals surface area contributed by atoms with Crippen LogP contribution in [0.15, 0.2) is 48.5 Å². The summed E-state index contributed by atoms with van der Waals surface area (Å²) in [5.41, 5.74) is 6.07. The molecule has 0 saturated carbocycles. The smallest absolute Gasteiger partial charge is 0.229 e. The molecule has 2 aliphatic rings. The molecule has 0 unspecified atom stereocenters. The third-order valence-corrected chi connectivity index (χ3v) is 5.69. The first-order valence-electron chi connectivity index (χ1n) is 10.0. The first-order chi connectivity index (χ1) is 13.8. The zero-order chi connectivity index (χ0) is 18.9. The number of halogens is 2. The summed E-state index contributed by atoms with van der Waals surface area (Å²) in [6.45, 7) is 1.85. The van der Waals surface area contributed by atoms with Crippen molar-refractivity contribution < 1.29 is 4.39 Å². The fourth-order valence-electron chi connectivity index (χ4n) is 4.23. The van der Waals surface area contributed by atoms with E-state index in [0.29, 0.717) is 5.95 Å². The summed E-state index contributed by atoms with van der Waals surface area (Å²) in [7, 11) is 0. The average Bonchev–Trinajstić information content (AvgIpc) is 2.74. The second-order valence-electron chi connectivity index (χ2n) is 7.58. The van der Waals surface area contributed by atoms with Crippen LogP contribution < -0.4 is 10.2 Å².